The number of likely N-dealkylation sites (tertiary alicyclic amines) is 1. The topological polar surface area (TPSA) is 114 Å². The van der Waals surface area contributed by atoms with Gasteiger partial charge in [0.1, 0.15) is 5.75 Å². The zero-order valence-corrected chi connectivity index (χ0v) is 19.2. The number of fused-ring (bicyclic) bond motifs is 1. The molecule has 10 heteroatoms. The van der Waals surface area contributed by atoms with E-state index in [1.165, 1.54) is 4.68 Å². The number of aromatic hydroxyl groups is 1. The second-order valence-corrected chi connectivity index (χ2v) is 8.86. The van der Waals surface area contributed by atoms with Crippen molar-refractivity contribution in [2.45, 2.75) is 26.2 Å². The van der Waals surface area contributed by atoms with Crippen LogP contribution in [-0.4, -0.2) is 81.0 Å². The van der Waals surface area contributed by atoms with E-state index < -0.39 is 0 Å². The molecule has 0 atom stereocenters. The minimum atomic E-state index is -0.121. The molecule has 1 amide bonds. The lowest BCUT2D eigenvalue weighted by atomic mass is 9.93. The normalized spacial score (nSPS) is 17.3. The van der Waals surface area contributed by atoms with Crippen LogP contribution >= 0.6 is 0 Å². The Bertz CT molecular complexity index is 1210. The van der Waals surface area contributed by atoms with Crippen LogP contribution in [0.25, 0.3) is 22.3 Å². The number of phenols is 1. The maximum Gasteiger partial charge on any atom is 0.249 e. The molecular weight excluding hydrogens is 436 g/mol. The summed E-state index contributed by atoms with van der Waals surface area (Å²) in [5.74, 6) is 0.809. The summed E-state index contributed by atoms with van der Waals surface area (Å²) in [6, 6.07) is 6.88. The standard InChI is InChI=1S/C24H28N6O4/c1-16(31)28-7-5-17(6-8-28)13-21(33)30-23-20(15-25-30)22(18-3-2-4-19(32)14-18)26-24(27-23)29-9-11-34-12-10-29/h2-4,14-15,17,32H,5-13H2,1H3. The second-order valence-electron chi connectivity index (χ2n) is 8.86. The van der Waals surface area contributed by atoms with Gasteiger partial charge in [0, 0.05) is 45.1 Å². The number of hydrogen-bond donors (Lipinski definition) is 1. The van der Waals surface area contributed by atoms with Crippen LogP contribution in [0.5, 0.6) is 5.75 Å². The number of benzene rings is 1. The first kappa shape index (κ1) is 22.3. The SMILES string of the molecule is CC(=O)N1CCC(CC(=O)n2ncc3c(-c4cccc(O)c4)nc(N4CCOCC4)nc32)CC1. The number of nitrogens with zero attached hydrogens (tertiary/aromatic N) is 6. The van der Waals surface area contributed by atoms with E-state index in [-0.39, 0.29) is 23.5 Å². The summed E-state index contributed by atoms with van der Waals surface area (Å²) in [5.41, 5.74) is 1.81. The molecule has 0 bridgehead atoms. The maximum atomic E-state index is 13.3. The molecule has 10 nitrogen and oxygen atoms in total. The molecule has 2 saturated heterocycles. The highest BCUT2D eigenvalue weighted by Gasteiger charge is 2.26. The Hall–Kier alpha value is -3.53. The number of carbonyl (C=O) groups is 2. The van der Waals surface area contributed by atoms with Crippen molar-refractivity contribution in [1.29, 1.82) is 0 Å². The predicted molar refractivity (Wildman–Crippen MR) is 126 cm³/mol. The molecule has 4 heterocycles. The lowest BCUT2D eigenvalue weighted by Crippen LogP contribution is -2.38. The van der Waals surface area contributed by atoms with Gasteiger partial charge in [-0.1, -0.05) is 12.1 Å². The molecule has 5 rings (SSSR count). The smallest absolute Gasteiger partial charge is 0.249 e. The van der Waals surface area contributed by atoms with E-state index in [2.05, 4.69) is 5.10 Å². The first-order valence-electron chi connectivity index (χ1n) is 11.7. The molecule has 0 saturated carbocycles. The summed E-state index contributed by atoms with van der Waals surface area (Å²) in [4.78, 5) is 38.3. The van der Waals surface area contributed by atoms with Crippen molar-refractivity contribution in [3.63, 3.8) is 0 Å². The Kier molecular flexibility index (Phi) is 6.14. The highest BCUT2D eigenvalue weighted by atomic mass is 16.5. The fraction of sp³-hybridized carbons (Fsp3) is 0.458. The monoisotopic (exact) mass is 464 g/mol. The number of morpholine rings is 1. The van der Waals surface area contributed by atoms with Gasteiger partial charge in [-0.3, -0.25) is 9.59 Å². The summed E-state index contributed by atoms with van der Waals surface area (Å²) in [5, 5.41) is 15.1. The summed E-state index contributed by atoms with van der Waals surface area (Å²) in [6.07, 6.45) is 3.56. The van der Waals surface area contributed by atoms with Crippen LogP contribution in [0.15, 0.2) is 30.5 Å². The fourth-order valence-electron chi connectivity index (χ4n) is 4.64. The van der Waals surface area contributed by atoms with Gasteiger partial charge in [0.25, 0.3) is 0 Å². The number of aromatic nitrogens is 4. The van der Waals surface area contributed by atoms with Crippen molar-refractivity contribution in [1.82, 2.24) is 24.6 Å². The molecule has 2 fully saturated rings. The number of carbonyl (C=O) groups excluding carboxylic acids is 2. The second kappa shape index (κ2) is 9.38. The molecule has 1 N–H and O–H groups in total. The molecule has 3 aromatic rings. The van der Waals surface area contributed by atoms with Gasteiger partial charge in [0.15, 0.2) is 5.65 Å². The number of phenolic OH excluding ortho intramolecular Hbond substituents is 1. The Morgan fingerprint density at radius 2 is 1.88 bits per heavy atom. The number of anilines is 1. The lowest BCUT2D eigenvalue weighted by molar-refractivity contribution is -0.130. The zero-order chi connectivity index (χ0) is 23.7. The highest BCUT2D eigenvalue weighted by molar-refractivity contribution is 5.96. The molecule has 178 valence electrons. The number of amides is 1. The van der Waals surface area contributed by atoms with Crippen molar-refractivity contribution >= 4 is 28.8 Å². The van der Waals surface area contributed by atoms with Crippen molar-refractivity contribution in [2.24, 2.45) is 5.92 Å². The molecule has 0 radical (unpaired) electrons. The van der Waals surface area contributed by atoms with E-state index in [9.17, 15) is 14.7 Å². The first-order chi connectivity index (χ1) is 16.5. The van der Waals surface area contributed by atoms with Gasteiger partial charge in [-0.25, -0.2) is 4.98 Å². The van der Waals surface area contributed by atoms with Gasteiger partial charge in [-0.2, -0.15) is 14.8 Å². The average Bonchev–Trinajstić information content (AvgIpc) is 3.28. The Balaban J connectivity index is 1.48. The molecule has 2 aliphatic rings. The Morgan fingerprint density at radius 1 is 1.12 bits per heavy atom. The predicted octanol–water partition coefficient (Wildman–Crippen LogP) is 2.32. The van der Waals surface area contributed by atoms with Gasteiger partial charge < -0.3 is 19.6 Å². The van der Waals surface area contributed by atoms with E-state index in [1.807, 2.05) is 15.9 Å². The van der Waals surface area contributed by atoms with E-state index in [0.29, 0.717) is 68.5 Å². The molecule has 0 aliphatic carbocycles. The van der Waals surface area contributed by atoms with Crippen molar-refractivity contribution in [3.8, 4) is 17.0 Å². The van der Waals surface area contributed by atoms with Gasteiger partial charge in [0.05, 0.1) is 30.5 Å². The molecule has 34 heavy (non-hydrogen) atoms. The molecule has 0 unspecified atom stereocenters. The summed E-state index contributed by atoms with van der Waals surface area (Å²) < 4.78 is 6.85. The maximum absolute atomic E-state index is 13.3. The summed E-state index contributed by atoms with van der Waals surface area (Å²) in [7, 11) is 0. The van der Waals surface area contributed by atoms with E-state index in [0.717, 1.165) is 18.4 Å². The summed E-state index contributed by atoms with van der Waals surface area (Å²) in [6.45, 7) is 5.41. The third-order valence-electron chi connectivity index (χ3n) is 6.59. The Morgan fingerprint density at radius 3 is 2.59 bits per heavy atom. The van der Waals surface area contributed by atoms with Crippen LogP contribution < -0.4 is 4.90 Å². The van der Waals surface area contributed by atoms with Crippen LogP contribution in [-0.2, 0) is 9.53 Å². The minimum Gasteiger partial charge on any atom is -0.508 e. The van der Waals surface area contributed by atoms with Gasteiger partial charge >= 0.3 is 0 Å². The van der Waals surface area contributed by atoms with Crippen LogP contribution in [0.1, 0.15) is 31.0 Å². The third kappa shape index (κ3) is 4.45. The van der Waals surface area contributed by atoms with E-state index in [4.69, 9.17) is 14.7 Å². The quantitative estimate of drug-likeness (QED) is 0.626. The zero-order valence-electron chi connectivity index (χ0n) is 19.2. The lowest BCUT2D eigenvalue weighted by Gasteiger charge is -2.30. The van der Waals surface area contributed by atoms with E-state index >= 15 is 0 Å². The van der Waals surface area contributed by atoms with Gasteiger partial charge in [-0.15, -0.1) is 0 Å². The van der Waals surface area contributed by atoms with Gasteiger partial charge in [0.2, 0.25) is 17.8 Å². The highest BCUT2D eigenvalue weighted by Crippen LogP contribution is 2.31. The third-order valence-corrected chi connectivity index (χ3v) is 6.59. The van der Waals surface area contributed by atoms with Crippen molar-refractivity contribution in [3.05, 3.63) is 30.5 Å². The number of hydrogen-bond acceptors (Lipinski definition) is 8. The van der Waals surface area contributed by atoms with Crippen molar-refractivity contribution < 1.29 is 19.4 Å². The summed E-state index contributed by atoms with van der Waals surface area (Å²) >= 11 is 0. The average molecular weight is 465 g/mol. The van der Waals surface area contributed by atoms with Crippen LogP contribution in [0.3, 0.4) is 0 Å². The van der Waals surface area contributed by atoms with E-state index in [1.54, 1.807) is 31.3 Å². The molecule has 2 aliphatic heterocycles. The largest absolute Gasteiger partial charge is 0.508 e. The molecule has 0 spiro atoms. The minimum absolute atomic E-state index is 0.0784. The van der Waals surface area contributed by atoms with Crippen molar-refractivity contribution in [2.75, 3.05) is 44.3 Å². The Labute approximate surface area is 197 Å². The van der Waals surface area contributed by atoms with Crippen LogP contribution in [0, 0.1) is 5.92 Å². The molecular formula is C24H28N6O4. The number of piperidine rings is 1. The van der Waals surface area contributed by atoms with Crippen LogP contribution in [0.4, 0.5) is 5.95 Å². The number of rotatable bonds is 4. The first-order valence-corrected chi connectivity index (χ1v) is 11.7. The molecule has 2 aromatic heterocycles. The number of ether oxygens (including phenoxy) is 1. The van der Waals surface area contributed by atoms with Gasteiger partial charge in [-0.05, 0) is 30.9 Å². The molecule has 1 aromatic carbocycles. The van der Waals surface area contributed by atoms with Crippen LogP contribution in [0.2, 0.25) is 0 Å². The fourth-order valence-corrected chi connectivity index (χ4v) is 4.64.